The first-order chi connectivity index (χ1) is 9.66. The summed E-state index contributed by atoms with van der Waals surface area (Å²) in [5.74, 6) is 0.241. The van der Waals surface area contributed by atoms with Crippen molar-refractivity contribution in [3.63, 3.8) is 0 Å². The van der Waals surface area contributed by atoms with Gasteiger partial charge in [-0.15, -0.1) is 0 Å². The van der Waals surface area contributed by atoms with E-state index in [2.05, 4.69) is 10.3 Å². The maximum atomic E-state index is 12.1. The summed E-state index contributed by atoms with van der Waals surface area (Å²) in [5.41, 5.74) is 5.28. The lowest BCUT2D eigenvalue weighted by molar-refractivity contribution is -0.119. The fourth-order valence-corrected chi connectivity index (χ4v) is 2.60. The van der Waals surface area contributed by atoms with Crippen LogP contribution in [0.5, 0.6) is 0 Å². The zero-order valence-electron chi connectivity index (χ0n) is 10.9. The minimum Gasteiger partial charge on any atom is -0.368 e. The number of nitrogens with one attached hydrogen (secondary N) is 2. The number of piperazine rings is 1. The van der Waals surface area contributed by atoms with Crippen LogP contribution < -0.4 is 21.5 Å². The molecule has 0 aliphatic carbocycles. The summed E-state index contributed by atoms with van der Waals surface area (Å²) in [6.45, 7) is 1.87. The van der Waals surface area contributed by atoms with E-state index in [1.54, 1.807) is 6.07 Å². The number of pyridine rings is 1. The third-order valence-corrected chi connectivity index (χ3v) is 3.62. The molecule has 0 spiro atoms. The van der Waals surface area contributed by atoms with Crippen molar-refractivity contribution in [2.24, 2.45) is 5.73 Å². The molecule has 1 atom stereocenters. The molecule has 1 unspecified atom stereocenters. The van der Waals surface area contributed by atoms with Crippen molar-refractivity contribution in [3.8, 4) is 0 Å². The van der Waals surface area contributed by atoms with Crippen LogP contribution in [-0.2, 0) is 4.79 Å². The Balaban J connectivity index is 2.09. The third-order valence-electron chi connectivity index (χ3n) is 3.62. The van der Waals surface area contributed by atoms with Gasteiger partial charge in [0, 0.05) is 25.0 Å². The molecule has 1 amide bonds. The fourth-order valence-electron chi connectivity index (χ4n) is 2.60. The lowest BCUT2D eigenvalue weighted by Crippen LogP contribution is -2.57. The van der Waals surface area contributed by atoms with E-state index in [0.717, 1.165) is 11.9 Å². The molecule has 1 saturated heterocycles. The maximum Gasteiger partial charge on any atom is 0.257 e. The first kappa shape index (κ1) is 12.7. The van der Waals surface area contributed by atoms with Crippen LogP contribution in [0.3, 0.4) is 0 Å². The Bertz CT molecular complexity index is 710. The highest BCUT2D eigenvalue weighted by Gasteiger charge is 2.27. The lowest BCUT2D eigenvalue weighted by Gasteiger charge is -2.35. The molecule has 20 heavy (non-hydrogen) atoms. The quantitative estimate of drug-likeness (QED) is 0.705. The van der Waals surface area contributed by atoms with E-state index in [1.807, 2.05) is 29.2 Å². The van der Waals surface area contributed by atoms with Crippen molar-refractivity contribution in [1.29, 1.82) is 0 Å². The van der Waals surface area contributed by atoms with Gasteiger partial charge in [0.2, 0.25) is 5.91 Å². The van der Waals surface area contributed by atoms with Gasteiger partial charge < -0.3 is 20.9 Å². The van der Waals surface area contributed by atoms with Crippen molar-refractivity contribution in [2.75, 3.05) is 24.5 Å². The molecule has 2 aromatic rings. The van der Waals surface area contributed by atoms with E-state index in [0.29, 0.717) is 24.3 Å². The number of hydrogen-bond donors (Lipinski definition) is 3. The van der Waals surface area contributed by atoms with Crippen molar-refractivity contribution < 1.29 is 4.79 Å². The van der Waals surface area contributed by atoms with Gasteiger partial charge in [0.1, 0.15) is 11.9 Å². The summed E-state index contributed by atoms with van der Waals surface area (Å²) >= 11 is 0. The first-order valence-corrected chi connectivity index (χ1v) is 6.55. The van der Waals surface area contributed by atoms with Gasteiger partial charge in [-0.25, -0.2) is 0 Å². The second-order valence-electron chi connectivity index (χ2n) is 4.89. The van der Waals surface area contributed by atoms with Crippen LogP contribution in [0.4, 0.5) is 5.82 Å². The average molecular weight is 272 g/mol. The van der Waals surface area contributed by atoms with Crippen molar-refractivity contribution in [1.82, 2.24) is 10.3 Å². The summed E-state index contributed by atoms with van der Waals surface area (Å²) < 4.78 is 0. The smallest absolute Gasteiger partial charge is 0.257 e. The van der Waals surface area contributed by atoms with Gasteiger partial charge in [-0.3, -0.25) is 9.59 Å². The molecule has 3 rings (SSSR count). The van der Waals surface area contributed by atoms with Crippen LogP contribution in [0.25, 0.3) is 10.8 Å². The molecule has 104 valence electrons. The Hall–Kier alpha value is -2.34. The standard InChI is InChI=1S/C14H16N4O2/c15-13(19)11-8-16-5-6-18(11)12-7-9-3-1-2-4-10(9)14(20)17-12/h1-4,7,11,16H,5-6,8H2,(H2,15,19)(H,17,20). The molecule has 6 nitrogen and oxygen atoms in total. The molecular formula is C14H16N4O2. The second-order valence-corrected chi connectivity index (χ2v) is 4.89. The van der Waals surface area contributed by atoms with E-state index < -0.39 is 11.9 Å². The number of amides is 1. The summed E-state index contributed by atoms with van der Waals surface area (Å²) in [6, 6.07) is 8.82. The highest BCUT2D eigenvalue weighted by Crippen LogP contribution is 2.19. The molecule has 0 radical (unpaired) electrons. The number of nitrogens with zero attached hydrogens (tertiary/aromatic N) is 1. The SMILES string of the molecule is NC(=O)C1CNCCN1c1cc2ccccc2c(=O)[nH]1. The molecule has 1 fully saturated rings. The molecule has 4 N–H and O–H groups in total. The van der Waals surface area contributed by atoms with Gasteiger partial charge in [-0.2, -0.15) is 0 Å². The highest BCUT2D eigenvalue weighted by atomic mass is 16.1. The number of carbonyl (C=O) groups is 1. The van der Waals surface area contributed by atoms with Gasteiger partial charge in [0.25, 0.3) is 5.56 Å². The zero-order valence-corrected chi connectivity index (χ0v) is 10.9. The fraction of sp³-hybridized carbons (Fsp3) is 0.286. The number of anilines is 1. The summed E-state index contributed by atoms with van der Waals surface area (Å²) in [5, 5.41) is 4.63. The second kappa shape index (κ2) is 4.97. The largest absolute Gasteiger partial charge is 0.368 e. The van der Waals surface area contributed by atoms with Crippen LogP contribution in [-0.4, -0.2) is 36.6 Å². The van der Waals surface area contributed by atoms with E-state index in [4.69, 9.17) is 5.73 Å². The number of rotatable bonds is 2. The minimum atomic E-state index is -0.444. The predicted octanol–water partition coefficient (Wildman–Crippen LogP) is -0.208. The van der Waals surface area contributed by atoms with Crippen LogP contribution in [0.2, 0.25) is 0 Å². The Morgan fingerprint density at radius 1 is 1.35 bits per heavy atom. The number of carbonyl (C=O) groups excluding carboxylic acids is 1. The number of H-pyrrole nitrogens is 1. The number of aromatic amines is 1. The molecule has 1 aliphatic heterocycles. The van der Waals surface area contributed by atoms with Crippen LogP contribution in [0.1, 0.15) is 0 Å². The monoisotopic (exact) mass is 272 g/mol. The topological polar surface area (TPSA) is 91.2 Å². The predicted molar refractivity (Wildman–Crippen MR) is 77.8 cm³/mol. The molecular weight excluding hydrogens is 256 g/mol. The van der Waals surface area contributed by atoms with Crippen molar-refractivity contribution in [3.05, 3.63) is 40.7 Å². The van der Waals surface area contributed by atoms with Crippen LogP contribution in [0, 0.1) is 0 Å². The molecule has 2 heterocycles. The van der Waals surface area contributed by atoms with E-state index in [-0.39, 0.29) is 5.56 Å². The maximum absolute atomic E-state index is 12.1. The van der Waals surface area contributed by atoms with Crippen molar-refractivity contribution in [2.45, 2.75) is 6.04 Å². The molecule has 1 aliphatic rings. The number of aromatic nitrogens is 1. The number of hydrogen-bond acceptors (Lipinski definition) is 4. The molecule has 6 heteroatoms. The Kier molecular flexibility index (Phi) is 3.15. The number of nitrogens with two attached hydrogens (primary N) is 1. The van der Waals surface area contributed by atoms with Crippen LogP contribution >= 0.6 is 0 Å². The summed E-state index contributed by atoms with van der Waals surface area (Å²) in [6.07, 6.45) is 0. The Morgan fingerprint density at radius 3 is 2.95 bits per heavy atom. The highest BCUT2D eigenvalue weighted by molar-refractivity contribution is 5.87. The van der Waals surface area contributed by atoms with E-state index in [9.17, 15) is 9.59 Å². The van der Waals surface area contributed by atoms with E-state index in [1.165, 1.54) is 0 Å². The Morgan fingerprint density at radius 2 is 2.15 bits per heavy atom. The zero-order chi connectivity index (χ0) is 14.1. The van der Waals surface area contributed by atoms with Gasteiger partial charge in [0.15, 0.2) is 0 Å². The van der Waals surface area contributed by atoms with Gasteiger partial charge >= 0.3 is 0 Å². The Labute approximate surface area is 115 Å². The minimum absolute atomic E-state index is 0.153. The summed E-state index contributed by atoms with van der Waals surface area (Å²) in [4.78, 5) is 28.3. The van der Waals surface area contributed by atoms with Crippen molar-refractivity contribution >= 4 is 22.5 Å². The number of fused-ring (bicyclic) bond motifs is 1. The van der Waals surface area contributed by atoms with Gasteiger partial charge in [-0.05, 0) is 17.5 Å². The number of benzene rings is 1. The molecule has 1 aromatic heterocycles. The normalized spacial score (nSPS) is 19.2. The van der Waals surface area contributed by atoms with E-state index >= 15 is 0 Å². The molecule has 1 aromatic carbocycles. The van der Waals surface area contributed by atoms with Gasteiger partial charge in [0.05, 0.1) is 0 Å². The molecule has 0 bridgehead atoms. The molecule has 0 saturated carbocycles. The lowest BCUT2D eigenvalue weighted by atomic mass is 10.1. The van der Waals surface area contributed by atoms with Crippen LogP contribution in [0.15, 0.2) is 35.1 Å². The summed E-state index contributed by atoms with van der Waals surface area (Å²) in [7, 11) is 0. The third kappa shape index (κ3) is 2.14. The first-order valence-electron chi connectivity index (χ1n) is 6.55. The van der Waals surface area contributed by atoms with Gasteiger partial charge in [-0.1, -0.05) is 18.2 Å². The number of primary amides is 1. The average Bonchev–Trinajstić information content (AvgIpc) is 2.47.